The first-order valence-corrected chi connectivity index (χ1v) is 9.45. The normalized spacial score (nSPS) is 22.7. The number of pyridine rings is 1. The number of nitrogens with one attached hydrogen (secondary N) is 1. The van der Waals surface area contributed by atoms with Crippen LogP contribution < -0.4 is 5.32 Å². The summed E-state index contributed by atoms with van der Waals surface area (Å²) in [6.07, 6.45) is 5.88. The van der Waals surface area contributed by atoms with Gasteiger partial charge in [-0.05, 0) is 38.3 Å². The van der Waals surface area contributed by atoms with Gasteiger partial charge in [0.2, 0.25) is 0 Å². The maximum Gasteiger partial charge on any atom is 0.261 e. The van der Waals surface area contributed by atoms with E-state index in [0.29, 0.717) is 11.7 Å². The molecule has 23 heavy (non-hydrogen) atoms. The minimum Gasteiger partial charge on any atom is -0.367 e. The Bertz CT molecular complexity index is 688. The molecule has 1 aliphatic rings. The average Bonchev–Trinajstić information content (AvgIpc) is 3.01. The maximum atomic E-state index is 12.1. The van der Waals surface area contributed by atoms with Crippen molar-refractivity contribution in [3.8, 4) is 11.5 Å². The Morgan fingerprint density at radius 1 is 1.43 bits per heavy atom. The van der Waals surface area contributed by atoms with Gasteiger partial charge in [-0.3, -0.25) is 4.21 Å². The molecule has 1 saturated carbocycles. The molecule has 3 rings (SSSR count). The lowest BCUT2D eigenvalue weighted by atomic mass is 9.95. The predicted octanol–water partition coefficient (Wildman–Crippen LogP) is 2.93. The Balaban J connectivity index is 1.77. The summed E-state index contributed by atoms with van der Waals surface area (Å²) >= 11 is 0. The molecule has 2 aromatic heterocycles. The molecule has 1 aliphatic carbocycles. The van der Waals surface area contributed by atoms with E-state index in [9.17, 15) is 4.21 Å². The molecule has 0 aromatic carbocycles. The lowest BCUT2D eigenvalue weighted by Gasteiger charge is -2.29. The second-order valence-corrected chi connectivity index (χ2v) is 7.85. The zero-order valence-corrected chi connectivity index (χ0v) is 14.3. The van der Waals surface area contributed by atoms with Crippen LogP contribution in [-0.2, 0) is 10.8 Å². The Hall–Kier alpha value is -1.76. The van der Waals surface area contributed by atoms with Gasteiger partial charge in [-0.1, -0.05) is 18.5 Å². The molecule has 0 spiro atoms. The van der Waals surface area contributed by atoms with Crippen molar-refractivity contribution < 1.29 is 8.73 Å². The van der Waals surface area contributed by atoms with Gasteiger partial charge in [-0.2, -0.15) is 4.98 Å². The first-order chi connectivity index (χ1) is 11.2. The van der Waals surface area contributed by atoms with Gasteiger partial charge >= 0.3 is 0 Å². The molecule has 1 fully saturated rings. The van der Waals surface area contributed by atoms with Gasteiger partial charge in [-0.15, -0.1) is 0 Å². The van der Waals surface area contributed by atoms with Crippen molar-refractivity contribution >= 4 is 16.6 Å². The Morgan fingerprint density at radius 3 is 3.04 bits per heavy atom. The first-order valence-electron chi connectivity index (χ1n) is 8.06. The molecule has 7 heteroatoms. The zero-order valence-electron chi connectivity index (χ0n) is 13.5. The number of nitrogens with zero attached hydrogens (tertiary/aromatic N) is 3. The van der Waals surface area contributed by atoms with E-state index in [0.717, 1.165) is 42.8 Å². The molecule has 0 saturated heterocycles. The molecule has 0 radical (unpaired) electrons. The zero-order chi connectivity index (χ0) is 16.2. The molecule has 1 N–H and O–H groups in total. The van der Waals surface area contributed by atoms with Crippen LogP contribution in [0.1, 0.15) is 38.4 Å². The van der Waals surface area contributed by atoms with E-state index in [-0.39, 0.29) is 11.3 Å². The van der Waals surface area contributed by atoms with Gasteiger partial charge in [0.1, 0.15) is 5.82 Å². The Labute approximate surface area is 138 Å². The number of hydrogen-bond acceptors (Lipinski definition) is 6. The Morgan fingerprint density at radius 2 is 2.30 bits per heavy atom. The van der Waals surface area contributed by atoms with Crippen LogP contribution in [0.25, 0.3) is 11.5 Å². The van der Waals surface area contributed by atoms with Crippen molar-refractivity contribution in [3.05, 3.63) is 24.2 Å². The summed E-state index contributed by atoms with van der Waals surface area (Å²) in [5.41, 5.74) is 0.812. The van der Waals surface area contributed by atoms with Gasteiger partial charge in [0.25, 0.3) is 5.89 Å². The van der Waals surface area contributed by atoms with E-state index >= 15 is 0 Å². The molecule has 0 aliphatic heterocycles. The third kappa shape index (κ3) is 3.77. The van der Waals surface area contributed by atoms with Crippen LogP contribution in [0.2, 0.25) is 0 Å². The second kappa shape index (κ2) is 7.21. The highest BCUT2D eigenvalue weighted by atomic mass is 32.2. The number of hydrogen-bond donors (Lipinski definition) is 1. The molecular formula is C16H22N4O2S. The molecule has 6 nitrogen and oxygen atoms in total. The van der Waals surface area contributed by atoms with Crippen LogP contribution in [0.4, 0.5) is 5.82 Å². The monoisotopic (exact) mass is 334 g/mol. The van der Waals surface area contributed by atoms with Crippen molar-refractivity contribution in [2.45, 2.75) is 50.8 Å². The summed E-state index contributed by atoms with van der Waals surface area (Å²) in [4.78, 5) is 8.72. The average molecular weight is 334 g/mol. The molecule has 0 bridgehead atoms. The topological polar surface area (TPSA) is 80.9 Å². The molecule has 0 amide bonds. The standard InChI is InChI=1S/C16H22N4O2S/c1-3-23(21)13-7-4-6-12(10-13)19-15-14(8-5-9-17-15)16-18-11(2)20-22-16/h5,8-9,12-13H,3-4,6-7,10H2,1-2H3,(H,17,19). The smallest absolute Gasteiger partial charge is 0.261 e. The van der Waals surface area contributed by atoms with Crippen LogP contribution in [0.3, 0.4) is 0 Å². The third-order valence-electron chi connectivity index (χ3n) is 4.19. The van der Waals surface area contributed by atoms with E-state index in [1.165, 1.54) is 0 Å². The van der Waals surface area contributed by atoms with Crippen LogP contribution >= 0.6 is 0 Å². The molecular weight excluding hydrogens is 312 g/mol. The summed E-state index contributed by atoms with van der Waals surface area (Å²) in [7, 11) is -0.731. The fourth-order valence-electron chi connectivity index (χ4n) is 3.04. The van der Waals surface area contributed by atoms with Gasteiger partial charge in [0, 0.05) is 34.0 Å². The molecule has 2 aromatic rings. The van der Waals surface area contributed by atoms with Crippen molar-refractivity contribution in [2.75, 3.05) is 11.1 Å². The number of rotatable bonds is 5. The summed E-state index contributed by atoms with van der Waals surface area (Å²) in [5, 5.41) is 7.62. The lowest BCUT2D eigenvalue weighted by Crippen LogP contribution is -2.33. The lowest BCUT2D eigenvalue weighted by molar-refractivity contribution is 0.425. The number of aromatic nitrogens is 3. The molecule has 3 atom stereocenters. The fourth-order valence-corrected chi connectivity index (χ4v) is 4.39. The minimum atomic E-state index is -0.731. The van der Waals surface area contributed by atoms with E-state index in [4.69, 9.17) is 4.52 Å². The number of anilines is 1. The fraction of sp³-hybridized carbons (Fsp3) is 0.562. The van der Waals surface area contributed by atoms with E-state index in [1.54, 1.807) is 13.1 Å². The van der Waals surface area contributed by atoms with Crippen molar-refractivity contribution in [2.24, 2.45) is 0 Å². The van der Waals surface area contributed by atoms with Crippen LogP contribution in [0.5, 0.6) is 0 Å². The van der Waals surface area contributed by atoms with Crippen molar-refractivity contribution in [3.63, 3.8) is 0 Å². The maximum absolute atomic E-state index is 12.1. The van der Waals surface area contributed by atoms with E-state index < -0.39 is 10.8 Å². The van der Waals surface area contributed by atoms with Crippen molar-refractivity contribution in [1.29, 1.82) is 0 Å². The van der Waals surface area contributed by atoms with Crippen LogP contribution in [-0.4, -0.2) is 36.4 Å². The number of aryl methyl sites for hydroxylation is 1. The molecule has 3 unspecified atom stereocenters. The van der Waals surface area contributed by atoms with E-state index in [2.05, 4.69) is 20.4 Å². The van der Waals surface area contributed by atoms with E-state index in [1.807, 2.05) is 19.1 Å². The summed E-state index contributed by atoms with van der Waals surface area (Å²) in [5.74, 6) is 2.56. The van der Waals surface area contributed by atoms with Gasteiger partial charge < -0.3 is 9.84 Å². The SMILES string of the molecule is CCS(=O)C1CCCC(Nc2ncccc2-c2nc(C)no2)C1. The van der Waals surface area contributed by atoms with Crippen LogP contribution in [0.15, 0.2) is 22.9 Å². The quantitative estimate of drug-likeness (QED) is 0.905. The highest BCUT2D eigenvalue weighted by Crippen LogP contribution is 2.29. The highest BCUT2D eigenvalue weighted by Gasteiger charge is 2.26. The second-order valence-electron chi connectivity index (χ2n) is 5.85. The van der Waals surface area contributed by atoms with Crippen LogP contribution in [0, 0.1) is 6.92 Å². The van der Waals surface area contributed by atoms with Crippen molar-refractivity contribution in [1.82, 2.24) is 15.1 Å². The summed E-state index contributed by atoms with van der Waals surface area (Å²) in [6.45, 7) is 3.78. The largest absolute Gasteiger partial charge is 0.367 e. The van der Waals surface area contributed by atoms with Gasteiger partial charge in [0.15, 0.2) is 5.82 Å². The first kappa shape index (κ1) is 16.1. The third-order valence-corrected chi connectivity index (χ3v) is 5.93. The summed E-state index contributed by atoms with van der Waals surface area (Å²) in [6, 6.07) is 4.06. The molecule has 124 valence electrons. The summed E-state index contributed by atoms with van der Waals surface area (Å²) < 4.78 is 17.4. The van der Waals surface area contributed by atoms with Gasteiger partial charge in [-0.25, -0.2) is 4.98 Å². The Kier molecular flexibility index (Phi) is 5.05. The predicted molar refractivity (Wildman–Crippen MR) is 90.6 cm³/mol. The molecule has 2 heterocycles. The highest BCUT2D eigenvalue weighted by molar-refractivity contribution is 7.85. The van der Waals surface area contributed by atoms with Gasteiger partial charge in [0.05, 0.1) is 5.56 Å². The minimum absolute atomic E-state index is 0.280.